The standard InChI is InChI=1S/C35H40F2N6O2/c1-4-21-7-5-8-22-13-24(44)14-25(27(21)22)29-28(37)30-26(16-38-29)31(42-18-33(2)10-11-34(3,19-42)41-33)40-32(39-30)45-20-35-9-6-12-43(35)17-23(36)15-35/h5,7-8,13-14,16,23,41,44H,4,6,9-12,15,17-20H2,1-3H3/t23-,33?,34?,35?/m1/s1. The zero-order valence-corrected chi connectivity index (χ0v) is 26.2. The van der Waals surface area contributed by atoms with E-state index >= 15 is 4.39 Å². The Morgan fingerprint density at radius 2 is 1.91 bits per heavy atom. The van der Waals surface area contributed by atoms with Crippen molar-refractivity contribution in [3.05, 3.63) is 47.9 Å². The average Bonchev–Trinajstić information content (AvgIpc) is 3.61. The SMILES string of the molecule is CCc1cccc2cc(O)cc(-c3ncc4c(N5CC6(C)CCC(C)(C5)N6)nc(OCC56CCCN5C[C@H](F)C6)nc4c3F)c12. The van der Waals surface area contributed by atoms with Crippen molar-refractivity contribution in [2.75, 3.05) is 37.7 Å². The molecule has 2 N–H and O–H groups in total. The number of piperazine rings is 1. The number of benzene rings is 2. The van der Waals surface area contributed by atoms with Gasteiger partial charge in [0.15, 0.2) is 5.82 Å². The summed E-state index contributed by atoms with van der Waals surface area (Å²) in [6.45, 7) is 9.45. The monoisotopic (exact) mass is 614 g/mol. The first-order valence-corrected chi connectivity index (χ1v) is 16.3. The van der Waals surface area contributed by atoms with Gasteiger partial charge in [0.2, 0.25) is 0 Å². The van der Waals surface area contributed by atoms with Crippen LogP contribution >= 0.6 is 0 Å². The summed E-state index contributed by atoms with van der Waals surface area (Å²) < 4.78 is 37.8. The van der Waals surface area contributed by atoms with Gasteiger partial charge in [0.05, 0.1) is 10.9 Å². The normalized spacial score (nSPS) is 29.6. The number of nitrogens with one attached hydrogen (secondary N) is 1. The molecule has 2 aromatic heterocycles. The summed E-state index contributed by atoms with van der Waals surface area (Å²) >= 11 is 0. The highest BCUT2D eigenvalue weighted by Crippen LogP contribution is 2.43. The van der Waals surface area contributed by atoms with E-state index in [0.717, 1.165) is 55.0 Å². The number of aromatic nitrogens is 3. The first kappa shape index (κ1) is 28.8. The first-order chi connectivity index (χ1) is 21.6. The number of phenolic OH excluding ortho intramolecular Hbond substituents is 1. The van der Waals surface area contributed by atoms with Gasteiger partial charge in [-0.05, 0) is 81.0 Å². The van der Waals surface area contributed by atoms with E-state index in [9.17, 15) is 9.50 Å². The number of phenols is 1. The van der Waals surface area contributed by atoms with Crippen molar-refractivity contribution in [1.29, 1.82) is 0 Å². The van der Waals surface area contributed by atoms with E-state index in [0.29, 0.717) is 42.8 Å². The highest BCUT2D eigenvalue weighted by molar-refractivity contribution is 6.01. The minimum absolute atomic E-state index is 0.0420. The molecular formula is C35H40F2N6O2. The zero-order chi connectivity index (χ0) is 31.1. The summed E-state index contributed by atoms with van der Waals surface area (Å²) in [6.07, 6.45) is 5.88. The van der Waals surface area contributed by atoms with Gasteiger partial charge in [0, 0.05) is 48.9 Å². The van der Waals surface area contributed by atoms with Crippen molar-refractivity contribution in [2.45, 2.75) is 82.1 Å². The molecule has 4 aliphatic heterocycles. The van der Waals surface area contributed by atoms with Crippen LogP contribution in [0.2, 0.25) is 0 Å². The Kier molecular flexibility index (Phi) is 6.52. The number of hydrogen-bond donors (Lipinski definition) is 2. The Morgan fingerprint density at radius 1 is 1.11 bits per heavy atom. The van der Waals surface area contributed by atoms with Gasteiger partial charge in [-0.1, -0.05) is 25.1 Å². The van der Waals surface area contributed by atoms with E-state index < -0.39 is 12.0 Å². The maximum Gasteiger partial charge on any atom is 0.319 e. The molecule has 0 amide bonds. The molecule has 0 radical (unpaired) electrons. The Morgan fingerprint density at radius 3 is 2.69 bits per heavy atom. The van der Waals surface area contributed by atoms with Gasteiger partial charge in [0.25, 0.3) is 0 Å². The predicted octanol–water partition coefficient (Wildman–Crippen LogP) is 5.93. The number of anilines is 1. The van der Waals surface area contributed by atoms with Gasteiger partial charge in [0.1, 0.15) is 35.6 Å². The summed E-state index contributed by atoms with van der Waals surface area (Å²) in [4.78, 5) is 18.7. The van der Waals surface area contributed by atoms with Crippen molar-refractivity contribution in [1.82, 2.24) is 25.2 Å². The van der Waals surface area contributed by atoms with E-state index in [4.69, 9.17) is 9.72 Å². The molecule has 8 nitrogen and oxygen atoms in total. The molecule has 4 atom stereocenters. The van der Waals surface area contributed by atoms with Crippen LogP contribution in [0.4, 0.5) is 14.6 Å². The fourth-order valence-electron chi connectivity index (χ4n) is 8.82. The molecule has 0 saturated carbocycles. The Bertz CT molecular complexity index is 1820. The topological polar surface area (TPSA) is 86.6 Å². The number of halogens is 2. The van der Waals surface area contributed by atoms with Gasteiger partial charge in [-0.15, -0.1) is 0 Å². The van der Waals surface area contributed by atoms with Crippen molar-refractivity contribution in [3.8, 4) is 23.0 Å². The summed E-state index contributed by atoms with van der Waals surface area (Å²) in [5.74, 6) is 0.0550. The second-order valence-corrected chi connectivity index (χ2v) is 14.3. The lowest BCUT2D eigenvalue weighted by atomic mass is 9.95. The van der Waals surface area contributed by atoms with Gasteiger partial charge in [-0.2, -0.15) is 9.97 Å². The maximum absolute atomic E-state index is 16.9. The molecule has 0 spiro atoms. The smallest absolute Gasteiger partial charge is 0.319 e. The minimum atomic E-state index is -0.879. The number of aryl methyl sites for hydroxylation is 1. The van der Waals surface area contributed by atoms with Crippen LogP contribution in [-0.2, 0) is 6.42 Å². The van der Waals surface area contributed by atoms with Crippen LogP contribution in [0.15, 0.2) is 36.5 Å². The van der Waals surface area contributed by atoms with Gasteiger partial charge < -0.3 is 20.1 Å². The molecule has 45 heavy (non-hydrogen) atoms. The summed E-state index contributed by atoms with van der Waals surface area (Å²) in [7, 11) is 0. The lowest BCUT2D eigenvalue weighted by molar-refractivity contribution is 0.107. The number of alkyl halides is 1. The summed E-state index contributed by atoms with van der Waals surface area (Å²) in [5.41, 5.74) is 1.22. The fourth-order valence-corrected chi connectivity index (χ4v) is 8.82. The molecule has 10 heteroatoms. The lowest BCUT2D eigenvalue weighted by Gasteiger charge is -2.44. The van der Waals surface area contributed by atoms with Crippen molar-refractivity contribution in [3.63, 3.8) is 0 Å². The van der Waals surface area contributed by atoms with Crippen molar-refractivity contribution in [2.24, 2.45) is 0 Å². The number of hydrogen-bond acceptors (Lipinski definition) is 8. The van der Waals surface area contributed by atoms with Gasteiger partial charge in [-0.3, -0.25) is 9.88 Å². The van der Waals surface area contributed by atoms with Gasteiger partial charge >= 0.3 is 6.01 Å². The molecule has 6 heterocycles. The third-order valence-corrected chi connectivity index (χ3v) is 10.8. The Balaban J connectivity index is 1.28. The number of pyridine rings is 1. The van der Waals surface area contributed by atoms with Crippen LogP contribution in [0.1, 0.15) is 58.4 Å². The van der Waals surface area contributed by atoms with E-state index in [2.05, 4.69) is 45.9 Å². The molecule has 4 fully saturated rings. The Hall–Kier alpha value is -3.63. The summed E-state index contributed by atoms with van der Waals surface area (Å²) in [5, 5.41) is 16.6. The second kappa shape index (κ2) is 10.2. The lowest BCUT2D eigenvalue weighted by Crippen LogP contribution is -2.63. The average molecular weight is 615 g/mol. The van der Waals surface area contributed by atoms with Crippen LogP contribution in [0, 0.1) is 5.82 Å². The van der Waals surface area contributed by atoms with Crippen LogP contribution < -0.4 is 15.0 Å². The van der Waals surface area contributed by atoms with E-state index in [1.807, 2.05) is 18.2 Å². The van der Waals surface area contributed by atoms with E-state index in [1.165, 1.54) is 0 Å². The van der Waals surface area contributed by atoms with E-state index in [-0.39, 0.29) is 46.2 Å². The van der Waals surface area contributed by atoms with Crippen LogP contribution in [0.25, 0.3) is 32.9 Å². The second-order valence-electron chi connectivity index (χ2n) is 14.3. The maximum atomic E-state index is 16.9. The quantitative estimate of drug-likeness (QED) is 0.277. The van der Waals surface area contributed by atoms with Crippen LogP contribution in [0.5, 0.6) is 11.8 Å². The molecule has 4 aromatic rings. The van der Waals surface area contributed by atoms with Gasteiger partial charge in [-0.25, -0.2) is 8.78 Å². The summed E-state index contributed by atoms with van der Waals surface area (Å²) in [6, 6.07) is 9.24. The predicted molar refractivity (Wildman–Crippen MR) is 171 cm³/mol. The van der Waals surface area contributed by atoms with Crippen LogP contribution in [-0.4, -0.2) is 80.5 Å². The molecule has 8 rings (SSSR count). The third kappa shape index (κ3) is 4.71. The highest BCUT2D eigenvalue weighted by Gasteiger charge is 2.50. The number of fused-ring (bicyclic) bond motifs is 5. The largest absolute Gasteiger partial charge is 0.508 e. The number of ether oxygens (including phenoxy) is 1. The number of rotatable bonds is 6. The molecule has 236 valence electrons. The molecule has 4 aliphatic rings. The minimum Gasteiger partial charge on any atom is -0.508 e. The van der Waals surface area contributed by atoms with Crippen molar-refractivity contribution >= 4 is 27.5 Å². The zero-order valence-electron chi connectivity index (χ0n) is 26.2. The first-order valence-electron chi connectivity index (χ1n) is 16.3. The van der Waals surface area contributed by atoms with Crippen LogP contribution in [0.3, 0.4) is 0 Å². The fraction of sp³-hybridized carbons (Fsp3) is 0.514. The molecule has 4 saturated heterocycles. The molecular weight excluding hydrogens is 574 g/mol. The van der Waals surface area contributed by atoms with Crippen molar-refractivity contribution < 1.29 is 18.6 Å². The van der Waals surface area contributed by atoms with E-state index in [1.54, 1.807) is 18.3 Å². The molecule has 2 bridgehead atoms. The Labute approximate surface area is 261 Å². The number of nitrogens with zero attached hydrogens (tertiary/aromatic N) is 5. The molecule has 2 aromatic carbocycles. The molecule has 3 unspecified atom stereocenters. The highest BCUT2D eigenvalue weighted by atomic mass is 19.1. The molecule has 0 aliphatic carbocycles. The number of aromatic hydroxyl groups is 1. The third-order valence-electron chi connectivity index (χ3n) is 10.8.